The summed E-state index contributed by atoms with van der Waals surface area (Å²) < 4.78 is 0. The number of nitrogens with zero attached hydrogens (tertiary/aromatic N) is 1. The number of carboxylic acids is 1. The lowest BCUT2D eigenvalue weighted by Gasteiger charge is -2.12. The number of hydrogen-bond acceptors (Lipinski definition) is 4. The highest BCUT2D eigenvalue weighted by molar-refractivity contribution is 5.89. The monoisotopic (exact) mass is 230 g/mol. The van der Waals surface area contributed by atoms with Crippen molar-refractivity contribution in [1.29, 1.82) is 0 Å². The standard InChI is InChI=1S/C9H14N2O5/c1-11-4-5(2-7(11)13)8(14)10-3-6(12)9(15)16/h5-6,12H,2-4H2,1H3,(H,10,14)(H,15,16)/t5?,6-/m0/s1. The number of hydrogen-bond donors (Lipinski definition) is 3. The molecule has 16 heavy (non-hydrogen) atoms. The van der Waals surface area contributed by atoms with Crippen LogP contribution < -0.4 is 5.32 Å². The minimum atomic E-state index is -1.61. The fraction of sp³-hybridized carbons (Fsp3) is 0.667. The molecule has 2 amide bonds. The number of aliphatic hydroxyl groups is 1. The van der Waals surface area contributed by atoms with Crippen LogP contribution in [0.2, 0.25) is 0 Å². The van der Waals surface area contributed by atoms with E-state index in [9.17, 15) is 14.4 Å². The molecule has 0 aromatic rings. The first-order chi connectivity index (χ1) is 7.41. The van der Waals surface area contributed by atoms with E-state index in [1.54, 1.807) is 7.05 Å². The molecule has 0 aliphatic carbocycles. The lowest BCUT2D eigenvalue weighted by molar-refractivity contribution is -0.146. The van der Waals surface area contributed by atoms with Gasteiger partial charge in [0.25, 0.3) is 0 Å². The van der Waals surface area contributed by atoms with Crippen molar-refractivity contribution in [2.75, 3.05) is 20.1 Å². The maximum atomic E-state index is 11.5. The zero-order valence-electron chi connectivity index (χ0n) is 8.84. The Hall–Kier alpha value is -1.63. The van der Waals surface area contributed by atoms with Crippen LogP contribution in [0, 0.1) is 5.92 Å². The Morgan fingerprint density at radius 3 is 2.69 bits per heavy atom. The van der Waals surface area contributed by atoms with Crippen molar-refractivity contribution in [2.24, 2.45) is 5.92 Å². The van der Waals surface area contributed by atoms with Gasteiger partial charge in [-0.05, 0) is 0 Å². The number of carbonyl (C=O) groups is 3. The molecule has 1 unspecified atom stereocenters. The number of amides is 2. The highest BCUT2D eigenvalue weighted by Gasteiger charge is 2.32. The Labute approximate surface area is 92.0 Å². The molecule has 90 valence electrons. The fourth-order valence-electron chi connectivity index (χ4n) is 1.47. The fourth-order valence-corrected chi connectivity index (χ4v) is 1.47. The van der Waals surface area contributed by atoms with Crippen LogP contribution >= 0.6 is 0 Å². The number of rotatable bonds is 4. The summed E-state index contributed by atoms with van der Waals surface area (Å²) in [5, 5.41) is 19.6. The van der Waals surface area contributed by atoms with Gasteiger partial charge in [0.2, 0.25) is 11.8 Å². The molecule has 1 fully saturated rings. The molecule has 0 spiro atoms. The molecule has 0 saturated carbocycles. The van der Waals surface area contributed by atoms with E-state index in [1.807, 2.05) is 0 Å². The van der Waals surface area contributed by atoms with Gasteiger partial charge in [-0.25, -0.2) is 4.79 Å². The van der Waals surface area contributed by atoms with Crippen molar-refractivity contribution in [1.82, 2.24) is 10.2 Å². The van der Waals surface area contributed by atoms with Crippen LogP contribution in [0.25, 0.3) is 0 Å². The van der Waals surface area contributed by atoms with E-state index in [0.717, 1.165) is 0 Å². The number of carboxylic acid groups (broad SMARTS) is 1. The first-order valence-corrected chi connectivity index (χ1v) is 4.84. The summed E-state index contributed by atoms with van der Waals surface area (Å²) in [6, 6.07) is 0. The van der Waals surface area contributed by atoms with E-state index in [2.05, 4.69) is 5.32 Å². The van der Waals surface area contributed by atoms with Crippen molar-refractivity contribution in [2.45, 2.75) is 12.5 Å². The number of aliphatic hydroxyl groups excluding tert-OH is 1. The van der Waals surface area contributed by atoms with Gasteiger partial charge in [-0.1, -0.05) is 0 Å². The molecular formula is C9H14N2O5. The predicted molar refractivity (Wildman–Crippen MR) is 52.4 cm³/mol. The minimum Gasteiger partial charge on any atom is -0.479 e. The van der Waals surface area contributed by atoms with Crippen molar-refractivity contribution in [3.05, 3.63) is 0 Å². The van der Waals surface area contributed by atoms with Gasteiger partial charge in [-0.3, -0.25) is 9.59 Å². The zero-order chi connectivity index (χ0) is 12.3. The summed E-state index contributed by atoms with van der Waals surface area (Å²) in [6.07, 6.45) is -1.48. The lowest BCUT2D eigenvalue weighted by Crippen LogP contribution is -2.40. The molecule has 7 nitrogen and oxygen atoms in total. The SMILES string of the molecule is CN1CC(C(=O)NC[C@H](O)C(=O)O)CC1=O. The third-order valence-electron chi connectivity index (χ3n) is 2.47. The summed E-state index contributed by atoms with van der Waals surface area (Å²) in [7, 11) is 1.60. The Kier molecular flexibility index (Phi) is 3.83. The molecule has 3 N–H and O–H groups in total. The number of carbonyl (C=O) groups excluding carboxylic acids is 2. The van der Waals surface area contributed by atoms with Crippen LogP contribution in [0.3, 0.4) is 0 Å². The molecule has 0 bridgehead atoms. The third-order valence-corrected chi connectivity index (χ3v) is 2.47. The van der Waals surface area contributed by atoms with Gasteiger partial charge in [-0.2, -0.15) is 0 Å². The molecule has 1 saturated heterocycles. The summed E-state index contributed by atoms with van der Waals surface area (Å²) in [6.45, 7) is -0.0175. The number of likely N-dealkylation sites (tertiary alicyclic amines) is 1. The van der Waals surface area contributed by atoms with Crippen LogP contribution in [0.15, 0.2) is 0 Å². The minimum absolute atomic E-state index is 0.112. The average molecular weight is 230 g/mol. The van der Waals surface area contributed by atoms with Crippen molar-refractivity contribution in [3.63, 3.8) is 0 Å². The Bertz CT molecular complexity index is 317. The maximum Gasteiger partial charge on any atom is 0.334 e. The van der Waals surface area contributed by atoms with Gasteiger partial charge >= 0.3 is 5.97 Å². The molecule has 1 rings (SSSR count). The highest BCUT2D eigenvalue weighted by Crippen LogP contribution is 2.15. The van der Waals surface area contributed by atoms with Crippen molar-refractivity contribution >= 4 is 17.8 Å². The van der Waals surface area contributed by atoms with Crippen LogP contribution in [-0.2, 0) is 14.4 Å². The van der Waals surface area contributed by atoms with E-state index in [4.69, 9.17) is 10.2 Å². The second-order valence-corrected chi connectivity index (χ2v) is 3.77. The molecule has 2 atom stereocenters. The summed E-state index contributed by atoms with van der Waals surface area (Å²) >= 11 is 0. The molecule has 0 aromatic carbocycles. The van der Waals surface area contributed by atoms with Crippen LogP contribution in [-0.4, -0.2) is 59.1 Å². The van der Waals surface area contributed by atoms with E-state index >= 15 is 0 Å². The number of aliphatic carboxylic acids is 1. The van der Waals surface area contributed by atoms with Gasteiger partial charge in [0, 0.05) is 20.0 Å². The zero-order valence-corrected chi connectivity index (χ0v) is 8.84. The molecule has 7 heteroatoms. The smallest absolute Gasteiger partial charge is 0.334 e. The van der Waals surface area contributed by atoms with Gasteiger partial charge in [0.05, 0.1) is 12.5 Å². The molecular weight excluding hydrogens is 216 g/mol. The van der Waals surface area contributed by atoms with Gasteiger partial charge in [-0.15, -0.1) is 0 Å². The van der Waals surface area contributed by atoms with Crippen molar-refractivity contribution in [3.8, 4) is 0 Å². The first kappa shape index (κ1) is 12.4. The lowest BCUT2D eigenvalue weighted by atomic mass is 10.1. The largest absolute Gasteiger partial charge is 0.479 e. The molecule has 1 aliphatic heterocycles. The summed E-state index contributed by atoms with van der Waals surface area (Å²) in [5.74, 6) is -2.37. The average Bonchev–Trinajstić information content (AvgIpc) is 2.55. The molecule has 0 aromatic heterocycles. The van der Waals surface area contributed by atoms with E-state index in [1.165, 1.54) is 4.90 Å². The van der Waals surface area contributed by atoms with Crippen LogP contribution in [0.1, 0.15) is 6.42 Å². The molecule has 1 aliphatic rings. The van der Waals surface area contributed by atoms with Crippen molar-refractivity contribution < 1.29 is 24.6 Å². The first-order valence-electron chi connectivity index (χ1n) is 4.84. The van der Waals surface area contributed by atoms with Gasteiger partial charge < -0.3 is 20.4 Å². The number of nitrogens with one attached hydrogen (secondary N) is 1. The summed E-state index contributed by atoms with van der Waals surface area (Å²) in [5.41, 5.74) is 0. The Balaban J connectivity index is 2.37. The molecule has 1 heterocycles. The summed E-state index contributed by atoms with van der Waals surface area (Å²) in [4.78, 5) is 34.3. The van der Waals surface area contributed by atoms with E-state index in [0.29, 0.717) is 6.54 Å². The van der Waals surface area contributed by atoms with Gasteiger partial charge in [0.15, 0.2) is 6.10 Å². The van der Waals surface area contributed by atoms with E-state index in [-0.39, 0.29) is 18.9 Å². The quantitative estimate of drug-likeness (QED) is 0.519. The second-order valence-electron chi connectivity index (χ2n) is 3.77. The van der Waals surface area contributed by atoms with Crippen LogP contribution in [0.5, 0.6) is 0 Å². The maximum absolute atomic E-state index is 11.5. The third kappa shape index (κ3) is 2.93. The topological polar surface area (TPSA) is 107 Å². The van der Waals surface area contributed by atoms with Gasteiger partial charge in [0.1, 0.15) is 0 Å². The molecule has 0 radical (unpaired) electrons. The Morgan fingerprint density at radius 2 is 2.25 bits per heavy atom. The predicted octanol–water partition coefficient (Wildman–Crippen LogP) is -1.97. The Morgan fingerprint density at radius 1 is 1.62 bits per heavy atom. The van der Waals surface area contributed by atoms with E-state index < -0.39 is 23.9 Å². The second kappa shape index (κ2) is 4.93. The highest BCUT2D eigenvalue weighted by atomic mass is 16.4. The van der Waals surface area contributed by atoms with Crippen LogP contribution in [0.4, 0.5) is 0 Å². The normalized spacial score (nSPS) is 22.0.